The molecule has 4 aliphatic carbocycles. The highest BCUT2D eigenvalue weighted by Gasteiger charge is 2.54. The van der Waals surface area contributed by atoms with E-state index in [1.165, 1.54) is 19.3 Å². The monoisotopic (exact) mass is 262 g/mol. The van der Waals surface area contributed by atoms with Gasteiger partial charge in [-0.25, -0.2) is 0 Å². The summed E-state index contributed by atoms with van der Waals surface area (Å²) in [6, 6.07) is 2.13. The SMILES string of the molecule is N#CCCN(C(=O)CO)C12CC3CC(CC(C3)C1)C2. The third kappa shape index (κ3) is 2.14. The molecule has 0 aromatic carbocycles. The first-order chi connectivity index (χ1) is 9.16. The van der Waals surface area contributed by atoms with Gasteiger partial charge in [-0.15, -0.1) is 0 Å². The van der Waals surface area contributed by atoms with Gasteiger partial charge in [0, 0.05) is 12.1 Å². The Kier molecular flexibility index (Phi) is 3.26. The number of aliphatic hydroxyl groups excluding tert-OH is 1. The van der Waals surface area contributed by atoms with Crippen LogP contribution in [0.25, 0.3) is 0 Å². The molecule has 0 aromatic heterocycles. The first-order valence-electron chi connectivity index (χ1n) is 7.45. The van der Waals surface area contributed by atoms with Crippen molar-refractivity contribution in [1.82, 2.24) is 4.90 Å². The number of amides is 1. The van der Waals surface area contributed by atoms with E-state index in [9.17, 15) is 9.90 Å². The largest absolute Gasteiger partial charge is 0.387 e. The Morgan fingerprint density at radius 3 is 2.16 bits per heavy atom. The second-order valence-electron chi connectivity index (χ2n) is 6.75. The molecule has 0 radical (unpaired) electrons. The summed E-state index contributed by atoms with van der Waals surface area (Å²) < 4.78 is 0. The summed E-state index contributed by atoms with van der Waals surface area (Å²) in [7, 11) is 0. The van der Waals surface area contributed by atoms with Gasteiger partial charge in [-0.3, -0.25) is 4.79 Å². The fourth-order valence-electron chi connectivity index (χ4n) is 5.27. The predicted molar refractivity (Wildman–Crippen MR) is 69.9 cm³/mol. The lowest BCUT2D eigenvalue weighted by Crippen LogP contribution is -2.62. The van der Waals surface area contributed by atoms with Gasteiger partial charge in [0.2, 0.25) is 5.91 Å². The fraction of sp³-hybridized carbons (Fsp3) is 0.867. The molecule has 1 N–H and O–H groups in total. The molecule has 0 heterocycles. The number of nitriles is 1. The van der Waals surface area contributed by atoms with Gasteiger partial charge in [-0.2, -0.15) is 5.26 Å². The van der Waals surface area contributed by atoms with Crippen LogP contribution in [0.2, 0.25) is 0 Å². The van der Waals surface area contributed by atoms with Gasteiger partial charge >= 0.3 is 0 Å². The highest BCUT2D eigenvalue weighted by atomic mass is 16.3. The molecule has 4 heteroatoms. The normalized spacial score (nSPS) is 39.1. The van der Waals surface area contributed by atoms with Crippen molar-refractivity contribution in [2.75, 3.05) is 13.2 Å². The summed E-state index contributed by atoms with van der Waals surface area (Å²) in [5, 5.41) is 18.0. The lowest BCUT2D eigenvalue weighted by Gasteiger charge is -2.60. The summed E-state index contributed by atoms with van der Waals surface area (Å²) in [6.07, 6.45) is 7.64. The van der Waals surface area contributed by atoms with Crippen molar-refractivity contribution >= 4 is 5.91 Å². The van der Waals surface area contributed by atoms with Crippen molar-refractivity contribution in [1.29, 1.82) is 5.26 Å². The van der Waals surface area contributed by atoms with Crippen molar-refractivity contribution in [3.05, 3.63) is 0 Å². The minimum Gasteiger partial charge on any atom is -0.387 e. The number of aliphatic hydroxyl groups is 1. The summed E-state index contributed by atoms with van der Waals surface area (Å²) in [5.74, 6) is 2.11. The Morgan fingerprint density at radius 1 is 1.21 bits per heavy atom. The minimum absolute atomic E-state index is 0.0363. The molecule has 4 rings (SSSR count). The molecule has 0 aliphatic heterocycles. The Balaban J connectivity index is 1.84. The lowest BCUT2D eigenvalue weighted by atomic mass is 9.52. The summed E-state index contributed by atoms with van der Waals surface area (Å²) in [4.78, 5) is 14.0. The van der Waals surface area contributed by atoms with Gasteiger partial charge in [-0.1, -0.05) is 0 Å². The molecule has 4 saturated carbocycles. The van der Waals surface area contributed by atoms with Gasteiger partial charge < -0.3 is 10.0 Å². The zero-order valence-corrected chi connectivity index (χ0v) is 11.3. The predicted octanol–water partition coefficient (Wildman–Crippen LogP) is 1.69. The zero-order valence-electron chi connectivity index (χ0n) is 11.3. The topological polar surface area (TPSA) is 64.3 Å². The van der Waals surface area contributed by atoms with Crippen LogP contribution in [0.15, 0.2) is 0 Å². The molecule has 0 unspecified atom stereocenters. The van der Waals surface area contributed by atoms with E-state index in [0.29, 0.717) is 13.0 Å². The van der Waals surface area contributed by atoms with E-state index in [1.54, 1.807) is 0 Å². The van der Waals surface area contributed by atoms with Crippen LogP contribution < -0.4 is 0 Å². The average Bonchev–Trinajstić information content (AvgIpc) is 2.37. The minimum atomic E-state index is -0.423. The summed E-state index contributed by atoms with van der Waals surface area (Å²) in [6.45, 7) is 0.0647. The molecule has 0 saturated heterocycles. The van der Waals surface area contributed by atoms with Gasteiger partial charge in [-0.05, 0) is 56.3 Å². The Bertz CT molecular complexity index is 378. The van der Waals surface area contributed by atoms with Crippen LogP contribution in [0.4, 0.5) is 0 Å². The van der Waals surface area contributed by atoms with Crippen molar-refractivity contribution in [2.45, 2.75) is 50.5 Å². The average molecular weight is 262 g/mol. The maximum atomic E-state index is 12.1. The number of rotatable bonds is 4. The molecule has 1 amide bonds. The maximum absolute atomic E-state index is 12.1. The lowest BCUT2D eigenvalue weighted by molar-refractivity contribution is -0.153. The molecule has 4 nitrogen and oxygen atoms in total. The third-order valence-electron chi connectivity index (χ3n) is 5.46. The number of carbonyl (C=O) groups excluding carboxylic acids is 1. The van der Waals surface area contributed by atoms with Gasteiger partial charge in [0.05, 0.1) is 12.5 Å². The zero-order chi connectivity index (χ0) is 13.5. The molecule has 4 aliphatic rings. The Morgan fingerprint density at radius 2 is 1.74 bits per heavy atom. The molecule has 4 fully saturated rings. The molecule has 104 valence electrons. The van der Waals surface area contributed by atoms with E-state index >= 15 is 0 Å². The van der Waals surface area contributed by atoms with Gasteiger partial charge in [0.1, 0.15) is 6.61 Å². The standard InChI is InChI=1S/C15H22N2O2/c16-2-1-3-17(14(19)10-18)15-7-11-4-12(8-15)6-13(5-11)9-15/h11-13,18H,1,3-10H2. The van der Waals surface area contributed by atoms with Gasteiger partial charge in [0.25, 0.3) is 0 Å². The van der Waals surface area contributed by atoms with E-state index in [4.69, 9.17) is 5.26 Å². The first-order valence-corrected chi connectivity index (χ1v) is 7.45. The van der Waals surface area contributed by atoms with Crippen LogP contribution in [-0.4, -0.2) is 34.6 Å². The summed E-state index contributed by atoms with van der Waals surface area (Å²) >= 11 is 0. The van der Waals surface area contributed by atoms with E-state index in [2.05, 4.69) is 6.07 Å². The van der Waals surface area contributed by atoms with Gasteiger partial charge in [0.15, 0.2) is 0 Å². The molecule has 4 bridgehead atoms. The van der Waals surface area contributed by atoms with Crippen LogP contribution in [0.5, 0.6) is 0 Å². The number of nitrogens with zero attached hydrogens (tertiary/aromatic N) is 2. The van der Waals surface area contributed by atoms with Crippen molar-refractivity contribution in [3.8, 4) is 6.07 Å². The van der Waals surface area contributed by atoms with E-state index in [0.717, 1.165) is 37.0 Å². The molecule has 0 aromatic rings. The highest BCUT2D eigenvalue weighted by molar-refractivity contribution is 5.78. The van der Waals surface area contributed by atoms with E-state index < -0.39 is 6.61 Å². The fourth-order valence-corrected chi connectivity index (χ4v) is 5.27. The second kappa shape index (κ2) is 4.79. The van der Waals surface area contributed by atoms with Crippen LogP contribution >= 0.6 is 0 Å². The van der Waals surface area contributed by atoms with Crippen LogP contribution in [0.3, 0.4) is 0 Å². The maximum Gasteiger partial charge on any atom is 0.248 e. The molecular weight excluding hydrogens is 240 g/mol. The van der Waals surface area contributed by atoms with Crippen molar-refractivity contribution in [3.63, 3.8) is 0 Å². The van der Waals surface area contributed by atoms with Crippen molar-refractivity contribution < 1.29 is 9.90 Å². The number of carbonyl (C=O) groups is 1. The quantitative estimate of drug-likeness (QED) is 0.838. The van der Waals surface area contributed by atoms with E-state index in [1.807, 2.05) is 4.90 Å². The van der Waals surface area contributed by atoms with E-state index in [-0.39, 0.29) is 11.4 Å². The Hall–Kier alpha value is -1.08. The highest BCUT2D eigenvalue weighted by Crippen LogP contribution is 2.57. The molecular formula is C15H22N2O2. The number of hydrogen-bond donors (Lipinski definition) is 1. The Labute approximate surface area is 114 Å². The second-order valence-corrected chi connectivity index (χ2v) is 6.75. The van der Waals surface area contributed by atoms with Crippen LogP contribution in [0.1, 0.15) is 44.9 Å². The van der Waals surface area contributed by atoms with Crippen molar-refractivity contribution in [2.24, 2.45) is 17.8 Å². The number of hydrogen-bond acceptors (Lipinski definition) is 3. The summed E-state index contributed by atoms with van der Waals surface area (Å²) in [5.41, 5.74) is -0.0363. The van der Waals surface area contributed by atoms with Crippen LogP contribution in [0, 0.1) is 29.1 Å². The molecule has 0 spiro atoms. The molecule has 19 heavy (non-hydrogen) atoms. The molecule has 0 atom stereocenters. The smallest absolute Gasteiger partial charge is 0.248 e. The third-order valence-corrected chi connectivity index (χ3v) is 5.46. The first kappa shape index (κ1) is 12.9. The van der Waals surface area contributed by atoms with Crippen LogP contribution in [-0.2, 0) is 4.79 Å².